The molecule has 0 radical (unpaired) electrons. The zero-order valence-electron chi connectivity index (χ0n) is 20.1. The van der Waals surface area contributed by atoms with Gasteiger partial charge in [-0.3, -0.25) is 4.68 Å². The molecule has 1 unspecified atom stereocenters. The van der Waals surface area contributed by atoms with Crippen molar-refractivity contribution in [3.05, 3.63) is 53.2 Å². The fraction of sp³-hybridized carbons (Fsp3) is 0.423. The van der Waals surface area contributed by atoms with Crippen LogP contribution in [0.25, 0.3) is 11.1 Å². The number of benzene rings is 1. The quantitative estimate of drug-likeness (QED) is 0.473. The maximum absolute atomic E-state index is 14.1. The van der Waals surface area contributed by atoms with Crippen LogP contribution >= 0.6 is 0 Å². The van der Waals surface area contributed by atoms with Crippen LogP contribution in [0.2, 0.25) is 0 Å². The molecule has 1 fully saturated rings. The van der Waals surface area contributed by atoms with Gasteiger partial charge in [-0.2, -0.15) is 10.4 Å². The molecule has 3 heterocycles. The maximum atomic E-state index is 14.1. The Bertz CT molecular complexity index is 1240. The molecule has 0 saturated heterocycles. The first-order valence-electron chi connectivity index (χ1n) is 11.8. The molecule has 7 nitrogen and oxygen atoms in total. The number of pyridine rings is 1. The van der Waals surface area contributed by atoms with Gasteiger partial charge in [0.25, 0.3) is 0 Å². The molecule has 34 heavy (non-hydrogen) atoms. The number of nitrogens with two attached hydrogens (primary N) is 1. The molecule has 1 aliphatic heterocycles. The van der Waals surface area contributed by atoms with Crippen LogP contribution in [-0.2, 0) is 13.5 Å². The van der Waals surface area contributed by atoms with E-state index in [1.807, 2.05) is 20.8 Å². The largest absolute Gasteiger partial charge is 0.487 e. The molecule has 1 saturated carbocycles. The highest BCUT2D eigenvalue weighted by atomic mass is 19.1. The topological polar surface area (TPSA) is 99.0 Å². The number of anilines is 1. The fourth-order valence-electron chi connectivity index (χ4n) is 4.61. The van der Waals surface area contributed by atoms with Gasteiger partial charge in [-0.05, 0) is 63.3 Å². The average molecular weight is 464 g/mol. The third-order valence-corrected chi connectivity index (χ3v) is 6.52. The van der Waals surface area contributed by atoms with Crippen molar-refractivity contribution < 1.29 is 13.9 Å². The predicted molar refractivity (Wildman–Crippen MR) is 128 cm³/mol. The summed E-state index contributed by atoms with van der Waals surface area (Å²) in [6.45, 7) is 5.83. The van der Waals surface area contributed by atoms with Crippen molar-refractivity contribution in [3.63, 3.8) is 0 Å². The van der Waals surface area contributed by atoms with E-state index < -0.39 is 6.10 Å². The lowest BCUT2D eigenvalue weighted by molar-refractivity contribution is -0.0166. The Morgan fingerprint density at radius 1 is 1.21 bits per heavy atom. The first-order chi connectivity index (χ1) is 16.4. The molecule has 2 N–H and O–H groups in total. The van der Waals surface area contributed by atoms with Crippen LogP contribution in [-0.4, -0.2) is 20.4 Å². The lowest BCUT2D eigenvalue weighted by Gasteiger charge is -2.42. The van der Waals surface area contributed by atoms with Crippen LogP contribution in [0.5, 0.6) is 11.5 Å². The van der Waals surface area contributed by atoms with Gasteiger partial charge >= 0.3 is 0 Å². The molecule has 1 atom stereocenters. The number of nitriles is 1. The summed E-state index contributed by atoms with van der Waals surface area (Å²) >= 11 is 0. The molecule has 1 aliphatic carbocycles. The summed E-state index contributed by atoms with van der Waals surface area (Å²) in [5, 5.41) is 14.4. The molecular weight excluding hydrogens is 433 g/mol. The molecule has 5 rings (SSSR count). The SMILES string of the molecule is CC.CC1Oc2cc(cnc2N)-c2c(nn(C)c2C#N)CCC2(CCC2)Oc2ccc(F)cc21. The van der Waals surface area contributed by atoms with Crippen molar-refractivity contribution in [2.45, 2.75) is 64.6 Å². The third-order valence-electron chi connectivity index (χ3n) is 6.52. The second-order valence-electron chi connectivity index (χ2n) is 8.59. The van der Waals surface area contributed by atoms with Gasteiger partial charge in [0.2, 0.25) is 0 Å². The number of rotatable bonds is 0. The van der Waals surface area contributed by atoms with Gasteiger partial charge in [-0.1, -0.05) is 13.8 Å². The number of nitrogen functional groups attached to an aromatic ring is 1. The summed E-state index contributed by atoms with van der Waals surface area (Å²) in [7, 11) is 1.76. The Morgan fingerprint density at radius 2 is 1.97 bits per heavy atom. The molecule has 3 aromatic rings. The molecule has 1 spiro atoms. The smallest absolute Gasteiger partial charge is 0.166 e. The second kappa shape index (κ2) is 9.34. The van der Waals surface area contributed by atoms with Crippen molar-refractivity contribution in [1.82, 2.24) is 14.8 Å². The van der Waals surface area contributed by atoms with Crippen LogP contribution < -0.4 is 15.2 Å². The van der Waals surface area contributed by atoms with Crippen molar-refractivity contribution >= 4 is 5.82 Å². The van der Waals surface area contributed by atoms with Crippen LogP contribution in [0.15, 0.2) is 30.5 Å². The first-order valence-corrected chi connectivity index (χ1v) is 11.8. The van der Waals surface area contributed by atoms with E-state index in [9.17, 15) is 9.65 Å². The maximum Gasteiger partial charge on any atom is 0.166 e. The standard InChI is InChI=1S/C24H24FN5O2.C2H6/c1-14-17-11-16(25)4-5-20(17)32-24(7-3-8-24)9-6-18-22(19(12-26)30(2)29-18)15-10-21(31-14)23(27)28-13-15;1-2/h4-5,10-11,13-14H,3,6-9H2,1-2H3,(H2,27,28);1-2H3. The van der Waals surface area contributed by atoms with Gasteiger partial charge in [0.05, 0.1) is 5.69 Å². The Kier molecular flexibility index (Phi) is 6.47. The molecule has 2 aliphatic rings. The highest BCUT2D eigenvalue weighted by Gasteiger charge is 2.40. The Hall–Kier alpha value is -3.60. The van der Waals surface area contributed by atoms with Crippen LogP contribution in [0.4, 0.5) is 10.2 Å². The van der Waals surface area contributed by atoms with E-state index in [2.05, 4.69) is 16.2 Å². The summed E-state index contributed by atoms with van der Waals surface area (Å²) in [5.41, 5.74) is 9.08. The first kappa shape index (κ1) is 23.6. The zero-order valence-corrected chi connectivity index (χ0v) is 20.1. The number of nitrogens with zero attached hydrogens (tertiary/aromatic N) is 4. The van der Waals surface area contributed by atoms with E-state index in [0.29, 0.717) is 34.7 Å². The average Bonchev–Trinajstić information content (AvgIpc) is 3.13. The van der Waals surface area contributed by atoms with Gasteiger partial charge < -0.3 is 15.2 Å². The number of aromatic nitrogens is 3. The van der Waals surface area contributed by atoms with E-state index in [4.69, 9.17) is 15.2 Å². The number of halogens is 1. The lowest BCUT2D eigenvalue weighted by Crippen LogP contribution is -2.44. The van der Waals surface area contributed by atoms with Gasteiger partial charge in [0.1, 0.15) is 35.0 Å². The third kappa shape index (κ3) is 4.18. The van der Waals surface area contributed by atoms with Crippen LogP contribution in [0.1, 0.15) is 69.5 Å². The Morgan fingerprint density at radius 3 is 2.65 bits per heavy atom. The van der Waals surface area contributed by atoms with E-state index in [0.717, 1.165) is 36.9 Å². The molecule has 2 bridgehead atoms. The number of fused-ring (bicyclic) bond motifs is 5. The van der Waals surface area contributed by atoms with E-state index >= 15 is 0 Å². The van der Waals surface area contributed by atoms with Gasteiger partial charge in [0.15, 0.2) is 11.6 Å². The normalized spacial score (nSPS) is 18.1. The number of ether oxygens (including phenoxy) is 2. The molecule has 178 valence electrons. The van der Waals surface area contributed by atoms with Gasteiger partial charge in [-0.15, -0.1) is 0 Å². The molecular formula is C26H30FN5O2. The summed E-state index contributed by atoms with van der Waals surface area (Å²) in [6, 6.07) is 8.55. The highest BCUT2D eigenvalue weighted by molar-refractivity contribution is 5.73. The van der Waals surface area contributed by atoms with Crippen molar-refractivity contribution in [3.8, 4) is 28.7 Å². The van der Waals surface area contributed by atoms with E-state index in [1.165, 1.54) is 12.1 Å². The van der Waals surface area contributed by atoms with Gasteiger partial charge in [0, 0.05) is 29.9 Å². The molecule has 0 amide bonds. The lowest BCUT2D eigenvalue weighted by atomic mass is 9.76. The summed E-state index contributed by atoms with van der Waals surface area (Å²) < 4.78 is 28.4. The van der Waals surface area contributed by atoms with Crippen LogP contribution in [0, 0.1) is 17.1 Å². The van der Waals surface area contributed by atoms with Crippen molar-refractivity contribution in [1.29, 1.82) is 5.26 Å². The molecule has 1 aromatic carbocycles. The molecule has 2 aromatic heterocycles. The summed E-state index contributed by atoms with van der Waals surface area (Å²) in [5.74, 6) is 0.833. The predicted octanol–water partition coefficient (Wildman–Crippen LogP) is 5.49. The van der Waals surface area contributed by atoms with E-state index in [-0.39, 0.29) is 17.2 Å². The highest BCUT2D eigenvalue weighted by Crippen LogP contribution is 2.44. The fourth-order valence-corrected chi connectivity index (χ4v) is 4.61. The number of hydrogen-bond acceptors (Lipinski definition) is 6. The van der Waals surface area contributed by atoms with Crippen molar-refractivity contribution in [2.75, 3.05) is 5.73 Å². The Labute approximate surface area is 199 Å². The van der Waals surface area contributed by atoms with Gasteiger partial charge in [-0.25, -0.2) is 9.37 Å². The van der Waals surface area contributed by atoms with Crippen LogP contribution in [0.3, 0.4) is 0 Å². The number of aryl methyl sites for hydroxylation is 2. The summed E-state index contributed by atoms with van der Waals surface area (Å²) in [4.78, 5) is 4.30. The minimum absolute atomic E-state index is 0.216. The number of hydrogen-bond donors (Lipinski definition) is 1. The minimum atomic E-state index is -0.526. The zero-order chi connectivity index (χ0) is 24.5. The van der Waals surface area contributed by atoms with E-state index in [1.54, 1.807) is 30.1 Å². The second-order valence-corrected chi connectivity index (χ2v) is 8.59. The monoisotopic (exact) mass is 463 g/mol. The Balaban J connectivity index is 0.00000133. The minimum Gasteiger partial charge on any atom is -0.487 e. The molecule has 8 heteroatoms. The van der Waals surface area contributed by atoms with Crippen molar-refractivity contribution in [2.24, 2.45) is 7.05 Å². The summed E-state index contributed by atoms with van der Waals surface area (Å²) in [6.07, 6.45) is 5.38.